The second-order valence-electron chi connectivity index (χ2n) is 4.02. The summed E-state index contributed by atoms with van der Waals surface area (Å²) in [6, 6.07) is 2.35. The van der Waals surface area contributed by atoms with Gasteiger partial charge < -0.3 is 10.3 Å². The van der Waals surface area contributed by atoms with Crippen molar-refractivity contribution in [1.82, 2.24) is 9.55 Å². The van der Waals surface area contributed by atoms with E-state index in [2.05, 4.69) is 22.5 Å². The molecule has 2 N–H and O–H groups in total. The van der Waals surface area contributed by atoms with E-state index in [1.165, 1.54) is 0 Å². The molecule has 0 saturated carbocycles. The van der Waals surface area contributed by atoms with Crippen LogP contribution in [-0.4, -0.2) is 15.6 Å². The predicted molar refractivity (Wildman–Crippen MR) is 63.7 cm³/mol. The molecule has 0 aromatic carbocycles. The van der Waals surface area contributed by atoms with Crippen LogP contribution in [0.3, 0.4) is 0 Å². The molecule has 0 aliphatic rings. The van der Waals surface area contributed by atoms with Gasteiger partial charge in [-0.25, -0.2) is 4.98 Å². The van der Waals surface area contributed by atoms with Crippen LogP contribution in [0.15, 0.2) is 12.4 Å². The van der Waals surface area contributed by atoms with Gasteiger partial charge in [0.25, 0.3) is 0 Å². The summed E-state index contributed by atoms with van der Waals surface area (Å²) in [5, 5.41) is 8.44. The van der Waals surface area contributed by atoms with Crippen molar-refractivity contribution in [3.05, 3.63) is 18.2 Å². The number of hydrogen-bond acceptors (Lipinski definition) is 3. The maximum Gasteiger partial charge on any atom is 0.110 e. The molecule has 1 aromatic heterocycles. The Kier molecular flexibility index (Phi) is 5.58. The maximum atomic E-state index is 8.44. The molecule has 0 saturated heterocycles. The van der Waals surface area contributed by atoms with Crippen molar-refractivity contribution < 1.29 is 0 Å². The summed E-state index contributed by atoms with van der Waals surface area (Å²) in [7, 11) is 0. The van der Waals surface area contributed by atoms with E-state index in [-0.39, 0.29) is 6.04 Å². The Morgan fingerprint density at radius 2 is 2.38 bits per heavy atom. The van der Waals surface area contributed by atoms with Crippen LogP contribution >= 0.6 is 0 Å². The van der Waals surface area contributed by atoms with Gasteiger partial charge in [-0.3, -0.25) is 0 Å². The lowest BCUT2D eigenvalue weighted by Crippen LogP contribution is -2.23. The zero-order chi connectivity index (χ0) is 11.8. The van der Waals surface area contributed by atoms with Gasteiger partial charge in [0.15, 0.2) is 0 Å². The van der Waals surface area contributed by atoms with E-state index in [1.807, 2.05) is 12.4 Å². The third-order valence-corrected chi connectivity index (χ3v) is 2.71. The molecule has 88 valence electrons. The van der Waals surface area contributed by atoms with E-state index < -0.39 is 0 Å². The minimum Gasteiger partial charge on any atom is -0.335 e. The molecule has 0 aliphatic heterocycles. The SMILES string of the molecule is CCC(N)Cc1nccn1CCCCC#N. The summed E-state index contributed by atoms with van der Waals surface area (Å²) in [4.78, 5) is 4.32. The van der Waals surface area contributed by atoms with E-state index in [0.717, 1.165) is 38.1 Å². The third-order valence-electron chi connectivity index (χ3n) is 2.71. The fraction of sp³-hybridized carbons (Fsp3) is 0.667. The lowest BCUT2D eigenvalue weighted by molar-refractivity contribution is 0.555. The first kappa shape index (κ1) is 12.7. The predicted octanol–water partition coefficient (Wildman–Crippen LogP) is 1.86. The van der Waals surface area contributed by atoms with E-state index in [1.54, 1.807) is 0 Å². The average molecular weight is 220 g/mol. The quantitative estimate of drug-likeness (QED) is 0.713. The number of hydrogen-bond donors (Lipinski definition) is 1. The number of nitrogens with two attached hydrogens (primary N) is 1. The highest BCUT2D eigenvalue weighted by atomic mass is 15.1. The van der Waals surface area contributed by atoms with Crippen molar-refractivity contribution in [1.29, 1.82) is 5.26 Å². The first-order chi connectivity index (χ1) is 7.77. The van der Waals surface area contributed by atoms with E-state index in [0.29, 0.717) is 6.42 Å². The van der Waals surface area contributed by atoms with Crippen molar-refractivity contribution in [2.24, 2.45) is 5.73 Å². The van der Waals surface area contributed by atoms with Crippen molar-refractivity contribution in [2.75, 3.05) is 0 Å². The first-order valence-corrected chi connectivity index (χ1v) is 5.90. The van der Waals surface area contributed by atoms with E-state index in [4.69, 9.17) is 11.0 Å². The van der Waals surface area contributed by atoms with Gasteiger partial charge in [-0.2, -0.15) is 5.26 Å². The largest absolute Gasteiger partial charge is 0.335 e. The molecular weight excluding hydrogens is 200 g/mol. The molecule has 0 radical (unpaired) electrons. The second-order valence-corrected chi connectivity index (χ2v) is 4.02. The van der Waals surface area contributed by atoms with Crippen LogP contribution in [0.2, 0.25) is 0 Å². The highest BCUT2D eigenvalue weighted by Crippen LogP contribution is 2.06. The van der Waals surface area contributed by atoms with Crippen LogP contribution in [-0.2, 0) is 13.0 Å². The van der Waals surface area contributed by atoms with Gasteiger partial charge in [-0.1, -0.05) is 6.92 Å². The molecule has 4 heteroatoms. The molecule has 4 nitrogen and oxygen atoms in total. The Bertz CT molecular complexity index is 337. The smallest absolute Gasteiger partial charge is 0.110 e. The maximum absolute atomic E-state index is 8.44. The normalized spacial score (nSPS) is 12.3. The fourth-order valence-electron chi connectivity index (χ4n) is 1.60. The van der Waals surface area contributed by atoms with Crippen LogP contribution in [0.4, 0.5) is 0 Å². The monoisotopic (exact) mass is 220 g/mol. The Morgan fingerprint density at radius 3 is 3.06 bits per heavy atom. The summed E-state index contributed by atoms with van der Waals surface area (Å²) in [6.07, 6.45) is 8.24. The third kappa shape index (κ3) is 4.03. The van der Waals surface area contributed by atoms with Gasteiger partial charge in [0.05, 0.1) is 6.07 Å². The molecule has 1 rings (SSSR count). The summed E-state index contributed by atoms with van der Waals surface area (Å²) in [6.45, 7) is 3.03. The number of nitrogens with zero attached hydrogens (tertiary/aromatic N) is 3. The molecule has 1 aromatic rings. The Balaban J connectivity index is 2.41. The minimum atomic E-state index is 0.195. The van der Waals surface area contributed by atoms with Crippen LogP contribution in [0.1, 0.15) is 38.4 Å². The number of rotatable bonds is 7. The first-order valence-electron chi connectivity index (χ1n) is 5.90. The zero-order valence-corrected chi connectivity index (χ0v) is 9.89. The van der Waals surface area contributed by atoms with Gasteiger partial charge in [0.1, 0.15) is 5.82 Å². The standard InChI is InChI=1S/C12H20N4/c1-2-11(14)10-12-15-7-9-16(12)8-5-3-4-6-13/h7,9,11H,2-5,8,10,14H2,1H3. The molecule has 1 atom stereocenters. The molecule has 0 fully saturated rings. The van der Waals surface area contributed by atoms with Crippen molar-refractivity contribution in [2.45, 2.75) is 51.6 Å². The molecule has 0 spiro atoms. The Hall–Kier alpha value is -1.34. The van der Waals surface area contributed by atoms with Gasteiger partial charge in [-0.15, -0.1) is 0 Å². The molecule has 1 heterocycles. The molecule has 0 aliphatic carbocycles. The topological polar surface area (TPSA) is 67.6 Å². The van der Waals surface area contributed by atoms with Gasteiger partial charge in [0, 0.05) is 37.8 Å². The van der Waals surface area contributed by atoms with Crippen LogP contribution in [0, 0.1) is 11.3 Å². The summed E-state index contributed by atoms with van der Waals surface area (Å²) in [5.41, 5.74) is 5.91. The summed E-state index contributed by atoms with van der Waals surface area (Å²) < 4.78 is 2.15. The molecular formula is C12H20N4. The number of nitriles is 1. The van der Waals surface area contributed by atoms with Crippen molar-refractivity contribution in [3.63, 3.8) is 0 Å². The van der Waals surface area contributed by atoms with Crippen LogP contribution in [0.25, 0.3) is 0 Å². The van der Waals surface area contributed by atoms with Crippen molar-refractivity contribution >= 4 is 0 Å². The number of aryl methyl sites for hydroxylation is 1. The highest BCUT2D eigenvalue weighted by molar-refractivity contribution is 4.95. The molecule has 16 heavy (non-hydrogen) atoms. The number of unbranched alkanes of at least 4 members (excludes halogenated alkanes) is 2. The van der Waals surface area contributed by atoms with Gasteiger partial charge in [0.2, 0.25) is 0 Å². The van der Waals surface area contributed by atoms with Crippen LogP contribution < -0.4 is 5.73 Å². The average Bonchev–Trinajstić information content (AvgIpc) is 2.72. The number of imidazole rings is 1. The Morgan fingerprint density at radius 1 is 1.56 bits per heavy atom. The second kappa shape index (κ2) is 7.02. The zero-order valence-electron chi connectivity index (χ0n) is 9.89. The summed E-state index contributed by atoms with van der Waals surface area (Å²) in [5.74, 6) is 1.06. The lowest BCUT2D eigenvalue weighted by Gasteiger charge is -2.10. The van der Waals surface area contributed by atoms with Gasteiger partial charge in [-0.05, 0) is 19.3 Å². The summed E-state index contributed by atoms with van der Waals surface area (Å²) >= 11 is 0. The lowest BCUT2D eigenvalue weighted by atomic mass is 10.1. The van der Waals surface area contributed by atoms with Crippen molar-refractivity contribution in [3.8, 4) is 6.07 Å². The minimum absolute atomic E-state index is 0.195. The molecule has 1 unspecified atom stereocenters. The van der Waals surface area contributed by atoms with E-state index in [9.17, 15) is 0 Å². The van der Waals surface area contributed by atoms with Crippen LogP contribution in [0.5, 0.6) is 0 Å². The highest BCUT2D eigenvalue weighted by Gasteiger charge is 2.06. The fourth-order valence-corrected chi connectivity index (χ4v) is 1.60. The van der Waals surface area contributed by atoms with Gasteiger partial charge >= 0.3 is 0 Å². The molecule has 0 amide bonds. The Labute approximate surface area is 97.1 Å². The van der Waals surface area contributed by atoms with E-state index >= 15 is 0 Å². The number of aromatic nitrogens is 2. The molecule has 0 bridgehead atoms.